The molecular formula is C20H26N4O3. The molecular weight excluding hydrogens is 344 g/mol. The molecule has 1 unspecified atom stereocenters. The molecule has 1 fully saturated rings. The lowest BCUT2D eigenvalue weighted by Gasteiger charge is -2.17. The lowest BCUT2D eigenvalue weighted by molar-refractivity contribution is -0.121. The van der Waals surface area contributed by atoms with E-state index < -0.39 is 6.10 Å². The molecule has 0 aliphatic carbocycles. The van der Waals surface area contributed by atoms with Crippen molar-refractivity contribution in [3.8, 4) is 0 Å². The zero-order chi connectivity index (χ0) is 19.4. The summed E-state index contributed by atoms with van der Waals surface area (Å²) in [6, 6.07) is 11.1. The number of nitrogens with one attached hydrogen (secondary N) is 1. The van der Waals surface area contributed by atoms with Gasteiger partial charge >= 0.3 is 0 Å². The van der Waals surface area contributed by atoms with Gasteiger partial charge in [-0.05, 0) is 30.2 Å². The molecule has 7 nitrogen and oxygen atoms in total. The van der Waals surface area contributed by atoms with Gasteiger partial charge in [-0.15, -0.1) is 5.10 Å². The van der Waals surface area contributed by atoms with Crippen molar-refractivity contribution in [3.63, 3.8) is 0 Å². The van der Waals surface area contributed by atoms with E-state index in [1.807, 2.05) is 55.1 Å². The summed E-state index contributed by atoms with van der Waals surface area (Å²) in [5, 5.41) is 30.6. The van der Waals surface area contributed by atoms with Crippen molar-refractivity contribution in [2.24, 2.45) is 0 Å². The molecule has 1 amide bonds. The third kappa shape index (κ3) is 4.81. The number of aromatic nitrogens is 2. The molecule has 3 rings (SSSR count). The lowest BCUT2D eigenvalue weighted by atomic mass is 10.00. The number of aliphatic hydroxyl groups is 2. The Balaban J connectivity index is 1.55. The van der Waals surface area contributed by atoms with Crippen LogP contribution in [0.2, 0.25) is 0 Å². The maximum absolute atomic E-state index is 12.4. The Kier molecular flexibility index (Phi) is 6.03. The molecule has 27 heavy (non-hydrogen) atoms. The Labute approximate surface area is 159 Å². The SMILES string of the molecule is Cc1ccc(N2C[C@H](O)[C@H](NC(=O)Cc3ccc(C(C)CO)cc3)C2)nn1. The van der Waals surface area contributed by atoms with Crippen molar-refractivity contribution in [2.45, 2.75) is 38.3 Å². The molecule has 2 aromatic rings. The zero-order valence-corrected chi connectivity index (χ0v) is 15.7. The molecule has 1 aromatic heterocycles. The predicted octanol–water partition coefficient (Wildman–Crippen LogP) is 0.789. The van der Waals surface area contributed by atoms with Crippen molar-refractivity contribution < 1.29 is 15.0 Å². The Bertz CT molecular complexity index is 764. The molecule has 0 radical (unpaired) electrons. The van der Waals surface area contributed by atoms with Gasteiger partial charge in [0.25, 0.3) is 0 Å². The van der Waals surface area contributed by atoms with Gasteiger partial charge in [-0.1, -0.05) is 31.2 Å². The van der Waals surface area contributed by atoms with Crippen LogP contribution in [0, 0.1) is 6.92 Å². The topological polar surface area (TPSA) is 98.6 Å². The Morgan fingerprint density at radius 2 is 1.96 bits per heavy atom. The van der Waals surface area contributed by atoms with E-state index in [1.165, 1.54) is 0 Å². The molecule has 2 heterocycles. The number of hydrogen-bond acceptors (Lipinski definition) is 6. The fourth-order valence-corrected chi connectivity index (χ4v) is 3.19. The summed E-state index contributed by atoms with van der Waals surface area (Å²) in [7, 11) is 0. The molecule has 0 bridgehead atoms. The van der Waals surface area contributed by atoms with Gasteiger partial charge in [0.1, 0.15) is 0 Å². The molecule has 0 spiro atoms. The third-order valence-corrected chi connectivity index (χ3v) is 4.93. The van der Waals surface area contributed by atoms with E-state index in [9.17, 15) is 15.0 Å². The first-order chi connectivity index (χ1) is 13.0. The van der Waals surface area contributed by atoms with Gasteiger partial charge in [-0.25, -0.2) is 0 Å². The quantitative estimate of drug-likeness (QED) is 0.695. The summed E-state index contributed by atoms with van der Waals surface area (Å²) < 4.78 is 0. The number of benzene rings is 1. The van der Waals surface area contributed by atoms with Crippen LogP contribution in [0.1, 0.15) is 29.7 Å². The smallest absolute Gasteiger partial charge is 0.224 e. The first kappa shape index (κ1) is 19.3. The maximum atomic E-state index is 12.4. The molecule has 3 atom stereocenters. The largest absolute Gasteiger partial charge is 0.396 e. The van der Waals surface area contributed by atoms with Crippen LogP contribution in [0.4, 0.5) is 5.82 Å². The van der Waals surface area contributed by atoms with Crippen molar-refractivity contribution in [1.82, 2.24) is 15.5 Å². The molecule has 3 N–H and O–H groups in total. The Morgan fingerprint density at radius 3 is 2.59 bits per heavy atom. The van der Waals surface area contributed by atoms with Gasteiger partial charge in [-0.3, -0.25) is 4.79 Å². The summed E-state index contributed by atoms with van der Waals surface area (Å²) in [4.78, 5) is 14.3. The molecule has 0 saturated carbocycles. The van der Waals surface area contributed by atoms with E-state index in [-0.39, 0.29) is 30.9 Å². The van der Waals surface area contributed by atoms with E-state index in [0.29, 0.717) is 18.9 Å². The second kappa shape index (κ2) is 8.45. The molecule has 1 saturated heterocycles. The number of aryl methyl sites for hydroxylation is 1. The fraction of sp³-hybridized carbons (Fsp3) is 0.450. The van der Waals surface area contributed by atoms with Crippen LogP contribution in [-0.2, 0) is 11.2 Å². The number of carbonyl (C=O) groups excluding carboxylic acids is 1. The van der Waals surface area contributed by atoms with Gasteiger partial charge in [0, 0.05) is 25.6 Å². The van der Waals surface area contributed by atoms with Gasteiger partial charge in [0.15, 0.2) is 5.82 Å². The highest BCUT2D eigenvalue weighted by atomic mass is 16.3. The summed E-state index contributed by atoms with van der Waals surface area (Å²) in [5.41, 5.74) is 2.78. The maximum Gasteiger partial charge on any atom is 0.224 e. The number of nitrogens with zero attached hydrogens (tertiary/aromatic N) is 3. The van der Waals surface area contributed by atoms with Crippen LogP contribution in [0.3, 0.4) is 0 Å². The first-order valence-electron chi connectivity index (χ1n) is 9.18. The molecule has 1 aliphatic rings. The highest BCUT2D eigenvalue weighted by Crippen LogP contribution is 2.19. The number of hydrogen-bond donors (Lipinski definition) is 3. The molecule has 1 aromatic carbocycles. The van der Waals surface area contributed by atoms with Gasteiger partial charge in [0.2, 0.25) is 5.91 Å². The van der Waals surface area contributed by atoms with E-state index in [0.717, 1.165) is 16.8 Å². The Hall–Kier alpha value is -2.51. The first-order valence-corrected chi connectivity index (χ1v) is 9.18. The van der Waals surface area contributed by atoms with Crippen molar-refractivity contribution >= 4 is 11.7 Å². The summed E-state index contributed by atoms with van der Waals surface area (Å²) >= 11 is 0. The normalized spacial score (nSPS) is 20.5. The van der Waals surface area contributed by atoms with Gasteiger partial charge < -0.3 is 20.4 Å². The van der Waals surface area contributed by atoms with Crippen molar-refractivity contribution in [3.05, 3.63) is 53.2 Å². The number of rotatable bonds is 6. The Morgan fingerprint density at radius 1 is 1.22 bits per heavy atom. The number of carbonyl (C=O) groups is 1. The monoisotopic (exact) mass is 370 g/mol. The van der Waals surface area contributed by atoms with E-state index in [4.69, 9.17) is 0 Å². The van der Waals surface area contributed by atoms with Crippen LogP contribution >= 0.6 is 0 Å². The molecule has 1 aliphatic heterocycles. The van der Waals surface area contributed by atoms with Crippen LogP contribution in [0.15, 0.2) is 36.4 Å². The second-order valence-electron chi connectivity index (χ2n) is 7.18. The van der Waals surface area contributed by atoms with E-state index >= 15 is 0 Å². The summed E-state index contributed by atoms with van der Waals surface area (Å²) in [6.07, 6.45) is -0.397. The van der Waals surface area contributed by atoms with Crippen LogP contribution in [0.25, 0.3) is 0 Å². The predicted molar refractivity (Wildman–Crippen MR) is 103 cm³/mol. The van der Waals surface area contributed by atoms with Crippen molar-refractivity contribution in [2.75, 3.05) is 24.6 Å². The highest BCUT2D eigenvalue weighted by Gasteiger charge is 2.33. The minimum Gasteiger partial charge on any atom is -0.396 e. The van der Waals surface area contributed by atoms with E-state index in [2.05, 4.69) is 15.5 Å². The van der Waals surface area contributed by atoms with Crippen molar-refractivity contribution in [1.29, 1.82) is 0 Å². The lowest BCUT2D eigenvalue weighted by Crippen LogP contribution is -2.43. The minimum atomic E-state index is -0.648. The number of aliphatic hydroxyl groups excluding tert-OH is 2. The molecule has 7 heteroatoms. The fourth-order valence-electron chi connectivity index (χ4n) is 3.19. The number of β-amino-alcohol motifs (C(OH)–C–C–N with tert-alkyl or cyclic N) is 1. The summed E-state index contributed by atoms with van der Waals surface area (Å²) in [5.74, 6) is 0.654. The third-order valence-electron chi connectivity index (χ3n) is 4.93. The summed E-state index contributed by atoms with van der Waals surface area (Å²) in [6.45, 7) is 4.83. The van der Waals surface area contributed by atoms with Gasteiger partial charge in [-0.2, -0.15) is 5.10 Å². The number of amides is 1. The van der Waals surface area contributed by atoms with E-state index in [1.54, 1.807) is 0 Å². The average Bonchev–Trinajstić information content (AvgIpc) is 3.02. The van der Waals surface area contributed by atoms with Gasteiger partial charge in [0.05, 0.1) is 24.3 Å². The van der Waals surface area contributed by atoms with Crippen LogP contribution in [0.5, 0.6) is 0 Å². The highest BCUT2D eigenvalue weighted by molar-refractivity contribution is 5.79. The second-order valence-corrected chi connectivity index (χ2v) is 7.18. The zero-order valence-electron chi connectivity index (χ0n) is 15.7. The average molecular weight is 370 g/mol. The van der Waals surface area contributed by atoms with Crippen LogP contribution in [-0.4, -0.2) is 58.2 Å². The molecule has 144 valence electrons. The minimum absolute atomic E-state index is 0.0809. The van der Waals surface area contributed by atoms with Crippen LogP contribution < -0.4 is 10.2 Å². The number of anilines is 1. The standard InChI is InChI=1S/C20H26N4O3/c1-13(12-25)16-6-4-15(5-7-16)9-20(27)21-17-10-24(11-18(17)26)19-8-3-14(2)22-23-19/h3-8,13,17-18,25-26H,9-12H2,1-2H3,(H,21,27)/t13?,17-,18+/m1/s1.